The maximum atomic E-state index is 14.6. The molecule has 0 aliphatic carbocycles. The average Bonchev–Trinajstić information content (AvgIpc) is 3.62. The van der Waals surface area contributed by atoms with E-state index in [2.05, 4.69) is 16.8 Å². The van der Waals surface area contributed by atoms with E-state index < -0.39 is 22.8 Å². The number of hydrogen-bond donors (Lipinski definition) is 0. The molecule has 2 aromatic heterocycles. The van der Waals surface area contributed by atoms with Gasteiger partial charge in [0.2, 0.25) is 10.9 Å². The molecule has 4 heterocycles. The minimum atomic E-state index is -1.84. The molecule has 0 saturated heterocycles. The lowest BCUT2D eigenvalue weighted by molar-refractivity contribution is -0.121. The second-order valence-electron chi connectivity index (χ2n) is 9.47. The Kier molecular flexibility index (Phi) is 6.07. The molecule has 11 heteroatoms. The maximum absolute atomic E-state index is 14.6. The lowest BCUT2D eigenvalue weighted by Crippen LogP contribution is -2.53. The summed E-state index contributed by atoms with van der Waals surface area (Å²) in [4.78, 5) is 45.8. The number of para-hydroxylation sites is 1. The minimum Gasteiger partial charge on any atom is -0.450 e. The van der Waals surface area contributed by atoms with Crippen LogP contribution in [0.1, 0.15) is 27.2 Å². The van der Waals surface area contributed by atoms with Gasteiger partial charge < -0.3 is 9.32 Å². The molecule has 0 bridgehead atoms. The van der Waals surface area contributed by atoms with Gasteiger partial charge in [0.25, 0.3) is 11.8 Å². The molecule has 8 nitrogen and oxygen atoms in total. The number of anilines is 2. The van der Waals surface area contributed by atoms with E-state index in [-0.39, 0.29) is 34.0 Å². The van der Waals surface area contributed by atoms with Crippen molar-refractivity contribution >= 4 is 68.3 Å². The standard InChI is InChI=1S/C30H19ClN4O4S2/c1-2-14-34-21-11-7-6-10-20(21)30(27(34)38)23-24(36)19-15-18(31)12-13-22(19)39-25(23)26(37)35(30)28-32-33-29(41-28)40-16-17-8-4-3-5-9-17/h2-13,15H,1,14,16H2. The fourth-order valence-electron chi connectivity index (χ4n) is 5.52. The highest BCUT2D eigenvalue weighted by atomic mass is 35.5. The van der Waals surface area contributed by atoms with Gasteiger partial charge in [0.15, 0.2) is 15.3 Å². The topological polar surface area (TPSA) is 96.6 Å². The average molecular weight is 599 g/mol. The SMILES string of the molecule is C=CCN1C(=O)C2(c3ccccc31)c1c(oc3ccc(Cl)cc3c1=O)C(=O)N2c1nnc(SCc2ccccc2)s1. The first-order valence-electron chi connectivity index (χ1n) is 12.6. The van der Waals surface area contributed by atoms with Gasteiger partial charge in [0, 0.05) is 22.9 Å². The van der Waals surface area contributed by atoms with Crippen molar-refractivity contribution in [3.63, 3.8) is 0 Å². The Morgan fingerprint density at radius 2 is 1.80 bits per heavy atom. The van der Waals surface area contributed by atoms with Gasteiger partial charge in [0.05, 0.1) is 16.6 Å². The highest BCUT2D eigenvalue weighted by Crippen LogP contribution is 2.54. The van der Waals surface area contributed by atoms with Crippen molar-refractivity contribution in [1.29, 1.82) is 0 Å². The molecule has 2 aliphatic heterocycles. The van der Waals surface area contributed by atoms with Gasteiger partial charge in [0.1, 0.15) is 5.58 Å². The number of rotatable bonds is 6. The number of halogens is 1. The van der Waals surface area contributed by atoms with Crippen molar-refractivity contribution in [3.05, 3.63) is 123 Å². The summed E-state index contributed by atoms with van der Waals surface area (Å²) in [5, 5.41) is 9.36. The number of carbonyl (C=O) groups excluding carboxylic acids is 2. The maximum Gasteiger partial charge on any atom is 0.297 e. The zero-order valence-electron chi connectivity index (χ0n) is 21.2. The molecule has 0 fully saturated rings. The predicted octanol–water partition coefficient (Wildman–Crippen LogP) is 6.03. The molecular formula is C30H19ClN4O4S2. The molecule has 7 rings (SSSR count). The number of thioether (sulfide) groups is 1. The number of carbonyl (C=O) groups is 2. The third-order valence-corrected chi connectivity index (χ3v) is 9.54. The third-order valence-electron chi connectivity index (χ3n) is 7.19. The van der Waals surface area contributed by atoms with Gasteiger partial charge in [-0.3, -0.25) is 19.3 Å². The Bertz CT molecular complexity index is 1960. The third kappa shape index (κ3) is 3.71. The van der Waals surface area contributed by atoms with Crippen molar-refractivity contribution < 1.29 is 14.0 Å². The van der Waals surface area contributed by atoms with Crippen molar-refractivity contribution in [2.24, 2.45) is 0 Å². The monoisotopic (exact) mass is 598 g/mol. The fraction of sp³-hybridized carbons (Fsp3) is 0.100. The molecule has 1 spiro atoms. The van der Waals surface area contributed by atoms with Crippen molar-refractivity contribution in [3.8, 4) is 0 Å². The molecule has 2 aliphatic rings. The van der Waals surface area contributed by atoms with Crippen LogP contribution in [0, 0.1) is 0 Å². The van der Waals surface area contributed by atoms with Crippen molar-refractivity contribution in [2.75, 3.05) is 16.3 Å². The number of hydrogen-bond acceptors (Lipinski definition) is 8. The smallest absolute Gasteiger partial charge is 0.297 e. The van der Waals surface area contributed by atoms with Crippen molar-refractivity contribution in [1.82, 2.24) is 10.2 Å². The molecular weight excluding hydrogens is 580 g/mol. The summed E-state index contributed by atoms with van der Waals surface area (Å²) in [5.41, 5.74) is -0.0687. The van der Waals surface area contributed by atoms with E-state index in [1.807, 2.05) is 30.3 Å². The van der Waals surface area contributed by atoms with Gasteiger partial charge in [-0.2, -0.15) is 0 Å². The van der Waals surface area contributed by atoms with Crippen LogP contribution in [0.2, 0.25) is 5.02 Å². The van der Waals surface area contributed by atoms with Gasteiger partial charge in [-0.25, -0.2) is 0 Å². The molecule has 3 aromatic carbocycles. The summed E-state index contributed by atoms with van der Waals surface area (Å²) in [6.07, 6.45) is 1.60. The first kappa shape index (κ1) is 25.7. The number of amides is 2. The van der Waals surface area contributed by atoms with Gasteiger partial charge >= 0.3 is 0 Å². The van der Waals surface area contributed by atoms with E-state index in [4.69, 9.17) is 16.0 Å². The summed E-state index contributed by atoms with van der Waals surface area (Å²) in [6.45, 7) is 3.98. The van der Waals surface area contributed by atoms with E-state index in [1.165, 1.54) is 39.0 Å². The van der Waals surface area contributed by atoms with Gasteiger partial charge in [-0.15, -0.1) is 16.8 Å². The summed E-state index contributed by atoms with van der Waals surface area (Å²) < 4.78 is 6.68. The van der Waals surface area contributed by atoms with Crippen LogP contribution in [0.3, 0.4) is 0 Å². The van der Waals surface area contributed by atoms with E-state index >= 15 is 0 Å². The highest BCUT2D eigenvalue weighted by molar-refractivity contribution is 8.00. The van der Waals surface area contributed by atoms with Crippen LogP contribution in [0.4, 0.5) is 10.8 Å². The first-order chi connectivity index (χ1) is 19.9. The molecule has 0 radical (unpaired) electrons. The summed E-state index contributed by atoms with van der Waals surface area (Å²) in [7, 11) is 0. The Labute approximate surface area is 246 Å². The molecule has 0 N–H and O–H groups in total. The second-order valence-corrected chi connectivity index (χ2v) is 12.1. The Morgan fingerprint density at radius 3 is 2.61 bits per heavy atom. The first-order valence-corrected chi connectivity index (χ1v) is 14.8. The fourth-order valence-corrected chi connectivity index (χ4v) is 7.54. The quantitative estimate of drug-likeness (QED) is 0.134. The Balaban J connectivity index is 1.46. The van der Waals surface area contributed by atoms with E-state index in [0.29, 0.717) is 26.4 Å². The van der Waals surface area contributed by atoms with Crippen LogP contribution in [0.25, 0.3) is 11.0 Å². The molecule has 5 aromatic rings. The lowest BCUT2D eigenvalue weighted by atomic mass is 9.84. The van der Waals surface area contributed by atoms with Crippen LogP contribution in [0.15, 0.2) is 99.0 Å². The van der Waals surface area contributed by atoms with Crippen molar-refractivity contribution in [2.45, 2.75) is 15.6 Å². The van der Waals surface area contributed by atoms with E-state index in [1.54, 1.807) is 42.5 Å². The minimum absolute atomic E-state index is 0.0602. The summed E-state index contributed by atoms with van der Waals surface area (Å²) in [6, 6.07) is 21.6. The number of benzene rings is 3. The van der Waals surface area contributed by atoms with E-state index in [0.717, 1.165) is 5.56 Å². The van der Waals surface area contributed by atoms with Crippen LogP contribution in [-0.4, -0.2) is 28.6 Å². The summed E-state index contributed by atoms with van der Waals surface area (Å²) in [5.74, 6) is -0.681. The largest absolute Gasteiger partial charge is 0.450 e. The van der Waals surface area contributed by atoms with Crippen LogP contribution >= 0.6 is 34.7 Å². The zero-order chi connectivity index (χ0) is 28.3. The van der Waals surface area contributed by atoms with E-state index in [9.17, 15) is 14.4 Å². The zero-order valence-corrected chi connectivity index (χ0v) is 23.6. The lowest BCUT2D eigenvalue weighted by Gasteiger charge is -2.31. The van der Waals surface area contributed by atoms with Crippen LogP contribution in [-0.2, 0) is 16.1 Å². The van der Waals surface area contributed by atoms with Gasteiger partial charge in [-0.05, 0) is 29.8 Å². The molecule has 202 valence electrons. The highest BCUT2D eigenvalue weighted by Gasteiger charge is 2.66. The molecule has 41 heavy (non-hydrogen) atoms. The summed E-state index contributed by atoms with van der Waals surface area (Å²) >= 11 is 8.88. The number of aromatic nitrogens is 2. The number of fused-ring (bicyclic) bond motifs is 5. The normalized spacial score (nSPS) is 17.5. The molecule has 1 unspecified atom stereocenters. The van der Waals surface area contributed by atoms with Gasteiger partial charge in [-0.1, -0.05) is 89.3 Å². The molecule has 2 amide bonds. The van der Waals surface area contributed by atoms with Crippen LogP contribution < -0.4 is 15.2 Å². The van der Waals surface area contributed by atoms with Crippen LogP contribution in [0.5, 0.6) is 0 Å². The molecule has 0 saturated carbocycles. The predicted molar refractivity (Wildman–Crippen MR) is 160 cm³/mol. The Hall–Kier alpha value is -4.25. The number of nitrogens with zero attached hydrogens (tertiary/aromatic N) is 4. The Morgan fingerprint density at radius 1 is 1.02 bits per heavy atom. The molecule has 1 atom stereocenters. The second kappa shape index (κ2) is 9.69.